The normalized spacial score (nSPS) is 9.62. The number of methoxy groups -OCH3 is 1. The second-order valence-electron chi connectivity index (χ2n) is 4.15. The molecule has 2 nitrogen and oxygen atoms in total. The second kappa shape index (κ2) is 15.2. The van der Waals surface area contributed by atoms with E-state index in [2.05, 4.69) is 11.7 Å². The van der Waals surface area contributed by atoms with E-state index in [-0.39, 0.29) is 29.9 Å². The van der Waals surface area contributed by atoms with Crippen LogP contribution in [0.2, 0.25) is 0 Å². The van der Waals surface area contributed by atoms with Crippen molar-refractivity contribution >= 4 is 29.9 Å². The van der Waals surface area contributed by atoms with Crippen LogP contribution in [0.3, 0.4) is 0 Å². The smallest absolute Gasteiger partial charge is 0.305 e. The molecule has 0 aromatic heterocycles. The van der Waals surface area contributed by atoms with E-state index in [1.807, 2.05) is 0 Å². The number of carbonyl (C=O) groups is 1. The van der Waals surface area contributed by atoms with Gasteiger partial charge < -0.3 is 4.74 Å². The fourth-order valence-electron chi connectivity index (χ4n) is 1.68. The van der Waals surface area contributed by atoms with Gasteiger partial charge in [0.2, 0.25) is 0 Å². The summed E-state index contributed by atoms with van der Waals surface area (Å²) in [5.74, 6) is -0.0713. The van der Waals surface area contributed by atoms with Gasteiger partial charge in [0.05, 0.1) is 7.11 Å². The van der Waals surface area contributed by atoms with E-state index < -0.39 is 0 Å². The van der Waals surface area contributed by atoms with Gasteiger partial charge in [0.1, 0.15) is 0 Å². The second-order valence-corrected chi connectivity index (χ2v) is 4.15. The number of hydrogen-bond acceptors (Lipinski definition) is 2. The maximum absolute atomic E-state index is 10.8. The Kier molecular flexibility index (Phi) is 17.6. The van der Waals surface area contributed by atoms with Crippen LogP contribution in [-0.2, 0) is 9.53 Å². The van der Waals surface area contributed by atoms with Gasteiger partial charge in [0, 0.05) is 6.42 Å². The van der Waals surface area contributed by atoms with Crippen LogP contribution < -0.4 is 0 Å². The molecule has 0 unspecified atom stereocenters. The maximum Gasteiger partial charge on any atom is 0.305 e. The molecule has 3 heteroatoms. The molecule has 0 aromatic rings. The first-order valence-corrected chi connectivity index (χ1v) is 6.38. The number of esters is 1. The summed E-state index contributed by atoms with van der Waals surface area (Å²) in [7, 11) is 1.45. The molecule has 0 aliphatic rings. The van der Waals surface area contributed by atoms with E-state index in [1.165, 1.54) is 58.5 Å². The van der Waals surface area contributed by atoms with Crippen molar-refractivity contribution in [1.29, 1.82) is 0 Å². The zero-order valence-electron chi connectivity index (χ0n) is 10.8. The standard InChI is InChI=1S/C13H26O2.HI/c1-3-4-5-6-7-8-9-10-11-12-13(14)15-2;/h3-12H2,1-2H3;1H. The summed E-state index contributed by atoms with van der Waals surface area (Å²) in [5, 5.41) is 0. The highest BCUT2D eigenvalue weighted by Crippen LogP contribution is 2.10. The molecule has 16 heavy (non-hydrogen) atoms. The molecule has 0 rings (SSSR count). The molecule has 0 aliphatic heterocycles. The largest absolute Gasteiger partial charge is 0.469 e. The predicted octanol–water partition coefficient (Wildman–Crippen LogP) is 4.70. The molecule has 0 aliphatic carbocycles. The van der Waals surface area contributed by atoms with Crippen molar-refractivity contribution in [2.45, 2.75) is 71.1 Å². The van der Waals surface area contributed by atoms with Gasteiger partial charge in [-0.15, -0.1) is 24.0 Å². The molecule has 0 saturated carbocycles. The Hall–Kier alpha value is 0.200. The van der Waals surface area contributed by atoms with Crippen LogP contribution in [0.1, 0.15) is 71.1 Å². The molecule has 98 valence electrons. The van der Waals surface area contributed by atoms with Crippen molar-refractivity contribution in [1.82, 2.24) is 0 Å². The van der Waals surface area contributed by atoms with Gasteiger partial charge in [0.15, 0.2) is 0 Å². The van der Waals surface area contributed by atoms with E-state index in [0.717, 1.165) is 6.42 Å². The fraction of sp³-hybridized carbons (Fsp3) is 0.923. The summed E-state index contributed by atoms with van der Waals surface area (Å²) in [6, 6.07) is 0. The minimum Gasteiger partial charge on any atom is -0.469 e. The van der Waals surface area contributed by atoms with E-state index in [1.54, 1.807) is 0 Å². The monoisotopic (exact) mass is 342 g/mol. The number of ether oxygens (including phenoxy) is 1. The summed E-state index contributed by atoms with van der Waals surface area (Å²) < 4.78 is 4.58. The van der Waals surface area contributed by atoms with Gasteiger partial charge >= 0.3 is 5.97 Å². The average molecular weight is 342 g/mol. The SMILES string of the molecule is CCCCCCCCCCCC(=O)OC.I. The summed E-state index contributed by atoms with van der Waals surface area (Å²) in [5.41, 5.74) is 0. The van der Waals surface area contributed by atoms with Crippen LogP contribution in [0.15, 0.2) is 0 Å². The lowest BCUT2D eigenvalue weighted by Crippen LogP contribution is -1.99. The minimum atomic E-state index is -0.0713. The van der Waals surface area contributed by atoms with E-state index >= 15 is 0 Å². The van der Waals surface area contributed by atoms with Crippen molar-refractivity contribution in [3.8, 4) is 0 Å². The zero-order chi connectivity index (χ0) is 11.4. The molecule has 0 heterocycles. The van der Waals surface area contributed by atoms with Crippen LogP contribution >= 0.6 is 24.0 Å². The predicted molar refractivity (Wildman–Crippen MR) is 79.3 cm³/mol. The van der Waals surface area contributed by atoms with Gasteiger partial charge in [-0.05, 0) is 6.42 Å². The molecular weight excluding hydrogens is 315 g/mol. The average Bonchev–Trinajstić information content (AvgIpc) is 2.26. The topological polar surface area (TPSA) is 26.3 Å². The quantitative estimate of drug-likeness (QED) is 0.327. The molecule has 0 aromatic carbocycles. The molecule has 0 fully saturated rings. The van der Waals surface area contributed by atoms with Crippen molar-refractivity contribution in [2.24, 2.45) is 0 Å². The summed E-state index contributed by atoms with van der Waals surface area (Å²) in [6.07, 6.45) is 12.2. The third-order valence-corrected chi connectivity index (χ3v) is 2.71. The highest BCUT2D eigenvalue weighted by Gasteiger charge is 1.98. The van der Waals surface area contributed by atoms with Crippen LogP contribution in [0.25, 0.3) is 0 Å². The highest BCUT2D eigenvalue weighted by molar-refractivity contribution is 14.0. The van der Waals surface area contributed by atoms with E-state index in [4.69, 9.17) is 0 Å². The van der Waals surface area contributed by atoms with Gasteiger partial charge in [-0.3, -0.25) is 4.79 Å². The summed E-state index contributed by atoms with van der Waals surface area (Å²) >= 11 is 0. The van der Waals surface area contributed by atoms with Crippen LogP contribution in [0.4, 0.5) is 0 Å². The third-order valence-electron chi connectivity index (χ3n) is 2.71. The Morgan fingerprint density at radius 3 is 1.75 bits per heavy atom. The van der Waals surface area contributed by atoms with E-state index in [0.29, 0.717) is 6.42 Å². The first kappa shape index (κ1) is 18.6. The van der Waals surface area contributed by atoms with Crippen LogP contribution in [-0.4, -0.2) is 13.1 Å². The fourth-order valence-corrected chi connectivity index (χ4v) is 1.68. The highest BCUT2D eigenvalue weighted by atomic mass is 127. The van der Waals surface area contributed by atoms with Crippen molar-refractivity contribution in [3.63, 3.8) is 0 Å². The molecule has 0 radical (unpaired) electrons. The molecule has 0 amide bonds. The summed E-state index contributed by atoms with van der Waals surface area (Å²) in [4.78, 5) is 10.8. The van der Waals surface area contributed by atoms with Crippen LogP contribution in [0, 0.1) is 0 Å². The molecule has 0 saturated heterocycles. The molecule has 0 atom stereocenters. The van der Waals surface area contributed by atoms with Gasteiger partial charge in [-0.2, -0.15) is 0 Å². The first-order valence-electron chi connectivity index (χ1n) is 6.38. The van der Waals surface area contributed by atoms with Gasteiger partial charge in [-0.25, -0.2) is 0 Å². The number of rotatable bonds is 10. The Morgan fingerprint density at radius 2 is 1.31 bits per heavy atom. The molecule has 0 N–H and O–H groups in total. The molecule has 0 bridgehead atoms. The van der Waals surface area contributed by atoms with Gasteiger partial charge in [0.25, 0.3) is 0 Å². The Morgan fingerprint density at radius 1 is 0.875 bits per heavy atom. The Balaban J connectivity index is 0. The molecule has 0 spiro atoms. The van der Waals surface area contributed by atoms with Crippen molar-refractivity contribution in [3.05, 3.63) is 0 Å². The lowest BCUT2D eigenvalue weighted by atomic mass is 10.1. The lowest BCUT2D eigenvalue weighted by molar-refractivity contribution is -0.140. The Bertz CT molecular complexity index is 149. The number of halogens is 1. The van der Waals surface area contributed by atoms with E-state index in [9.17, 15) is 4.79 Å². The minimum absolute atomic E-state index is 0. The van der Waals surface area contributed by atoms with Crippen molar-refractivity contribution in [2.75, 3.05) is 7.11 Å². The number of carbonyl (C=O) groups excluding carboxylic acids is 1. The van der Waals surface area contributed by atoms with Gasteiger partial charge in [-0.1, -0.05) is 58.3 Å². The Labute approximate surface area is 118 Å². The summed E-state index contributed by atoms with van der Waals surface area (Å²) in [6.45, 7) is 2.24. The van der Waals surface area contributed by atoms with Crippen molar-refractivity contribution < 1.29 is 9.53 Å². The first-order chi connectivity index (χ1) is 7.31. The lowest BCUT2D eigenvalue weighted by Gasteiger charge is -2.01. The third kappa shape index (κ3) is 14.2. The molecular formula is C13H27IO2. The number of unbranched alkanes of at least 4 members (excludes halogenated alkanes) is 8. The zero-order valence-corrected chi connectivity index (χ0v) is 13.1. The maximum atomic E-state index is 10.8. The van der Waals surface area contributed by atoms with Crippen LogP contribution in [0.5, 0.6) is 0 Å². The number of hydrogen-bond donors (Lipinski definition) is 0.